The van der Waals surface area contributed by atoms with E-state index in [-0.39, 0.29) is 23.9 Å². The van der Waals surface area contributed by atoms with E-state index >= 15 is 0 Å². The molecule has 2 N–H and O–H groups in total. The molecular formula is C19H18ClN5O. The fourth-order valence-corrected chi connectivity index (χ4v) is 3.63. The number of carbonyl (C=O) groups excluding carboxylic acids is 1. The van der Waals surface area contributed by atoms with Gasteiger partial charge < -0.3 is 10.6 Å². The van der Waals surface area contributed by atoms with Crippen LogP contribution in [0.2, 0.25) is 5.02 Å². The van der Waals surface area contributed by atoms with E-state index in [0.717, 1.165) is 11.3 Å². The molecular weight excluding hydrogens is 350 g/mol. The number of para-hydroxylation sites is 1. The largest absolute Gasteiger partial charge is 0.351 e. The molecule has 3 atom stereocenters. The Morgan fingerprint density at radius 1 is 1.19 bits per heavy atom. The number of aromatic nitrogens is 3. The van der Waals surface area contributed by atoms with Crippen molar-refractivity contribution in [2.75, 3.05) is 10.6 Å². The van der Waals surface area contributed by atoms with Crippen molar-refractivity contribution in [1.29, 1.82) is 0 Å². The number of halogens is 1. The first-order chi connectivity index (χ1) is 12.6. The Kier molecular flexibility index (Phi) is 4.34. The van der Waals surface area contributed by atoms with E-state index in [4.69, 9.17) is 11.6 Å². The monoisotopic (exact) mass is 367 g/mol. The van der Waals surface area contributed by atoms with Gasteiger partial charge in [0.15, 0.2) is 0 Å². The predicted octanol–water partition coefficient (Wildman–Crippen LogP) is 3.59. The second kappa shape index (κ2) is 6.80. The Morgan fingerprint density at radius 2 is 2.00 bits per heavy atom. The standard InChI is InChI=1S/C19H18ClN5O/c1-12-16(18(26)24-15-8-3-2-4-9-15)17(13-6-5-7-14(20)10-13)25-19(23-12)21-11-22-25/h2-12,16-17H,1H3,(H,24,26)(H,21,22,23)/t12-,16-,17-/m0/s1. The third-order valence-electron chi connectivity index (χ3n) is 4.61. The molecule has 0 fully saturated rings. The van der Waals surface area contributed by atoms with Crippen LogP contribution in [0.5, 0.6) is 0 Å². The molecule has 1 aliphatic rings. The number of hydrogen-bond acceptors (Lipinski definition) is 4. The minimum absolute atomic E-state index is 0.0812. The lowest BCUT2D eigenvalue weighted by Gasteiger charge is -2.36. The number of nitrogens with zero attached hydrogens (tertiary/aromatic N) is 3. The average Bonchev–Trinajstić information content (AvgIpc) is 3.09. The molecule has 0 bridgehead atoms. The van der Waals surface area contributed by atoms with E-state index in [1.165, 1.54) is 6.33 Å². The van der Waals surface area contributed by atoms with Gasteiger partial charge >= 0.3 is 0 Å². The first-order valence-corrected chi connectivity index (χ1v) is 8.78. The summed E-state index contributed by atoms with van der Waals surface area (Å²) in [6, 6.07) is 16.5. The second-order valence-corrected chi connectivity index (χ2v) is 6.78. The molecule has 26 heavy (non-hydrogen) atoms. The topological polar surface area (TPSA) is 71.8 Å². The molecule has 0 radical (unpaired) electrons. The van der Waals surface area contributed by atoms with Gasteiger partial charge in [0.2, 0.25) is 11.9 Å². The van der Waals surface area contributed by atoms with Crippen molar-refractivity contribution in [3.8, 4) is 0 Å². The molecule has 4 rings (SSSR count). The maximum Gasteiger partial charge on any atom is 0.232 e. The molecule has 7 heteroatoms. The van der Waals surface area contributed by atoms with Crippen molar-refractivity contribution in [3.63, 3.8) is 0 Å². The molecule has 2 heterocycles. The molecule has 1 aromatic heterocycles. The highest BCUT2D eigenvalue weighted by Crippen LogP contribution is 2.37. The van der Waals surface area contributed by atoms with Gasteiger partial charge in [-0.1, -0.05) is 41.9 Å². The highest BCUT2D eigenvalue weighted by atomic mass is 35.5. The summed E-state index contributed by atoms with van der Waals surface area (Å²) in [6.45, 7) is 1.98. The first kappa shape index (κ1) is 16.6. The average molecular weight is 368 g/mol. The van der Waals surface area contributed by atoms with E-state index in [0.29, 0.717) is 11.0 Å². The Morgan fingerprint density at radius 3 is 2.77 bits per heavy atom. The molecule has 0 spiro atoms. The summed E-state index contributed by atoms with van der Waals surface area (Å²) in [5.74, 6) is 0.177. The Balaban J connectivity index is 1.74. The van der Waals surface area contributed by atoms with Gasteiger partial charge in [0.1, 0.15) is 6.33 Å². The maximum atomic E-state index is 13.1. The van der Waals surface area contributed by atoms with Gasteiger partial charge in [0, 0.05) is 16.8 Å². The number of anilines is 2. The van der Waals surface area contributed by atoms with Crippen LogP contribution in [-0.2, 0) is 4.79 Å². The van der Waals surface area contributed by atoms with Crippen molar-refractivity contribution in [2.24, 2.45) is 5.92 Å². The van der Waals surface area contributed by atoms with Crippen LogP contribution in [0.25, 0.3) is 0 Å². The molecule has 3 aromatic rings. The van der Waals surface area contributed by atoms with E-state index in [1.807, 2.05) is 61.5 Å². The summed E-state index contributed by atoms with van der Waals surface area (Å²) in [4.78, 5) is 17.4. The Bertz CT molecular complexity index is 926. The summed E-state index contributed by atoms with van der Waals surface area (Å²) < 4.78 is 1.75. The number of fused-ring (bicyclic) bond motifs is 1. The summed E-state index contributed by atoms with van der Waals surface area (Å²) in [7, 11) is 0. The zero-order valence-electron chi connectivity index (χ0n) is 14.1. The Labute approximate surface area is 156 Å². The molecule has 0 unspecified atom stereocenters. The van der Waals surface area contributed by atoms with E-state index in [2.05, 4.69) is 20.7 Å². The zero-order valence-corrected chi connectivity index (χ0v) is 14.9. The third kappa shape index (κ3) is 3.04. The smallest absolute Gasteiger partial charge is 0.232 e. The van der Waals surface area contributed by atoms with E-state index < -0.39 is 0 Å². The quantitative estimate of drug-likeness (QED) is 0.742. The maximum absolute atomic E-state index is 13.1. The highest BCUT2D eigenvalue weighted by Gasteiger charge is 2.41. The van der Waals surface area contributed by atoms with Crippen LogP contribution < -0.4 is 10.6 Å². The third-order valence-corrected chi connectivity index (χ3v) is 4.84. The van der Waals surface area contributed by atoms with Gasteiger partial charge in [0.25, 0.3) is 0 Å². The highest BCUT2D eigenvalue weighted by molar-refractivity contribution is 6.30. The second-order valence-electron chi connectivity index (χ2n) is 6.34. The van der Waals surface area contributed by atoms with Crippen LogP contribution in [0.4, 0.5) is 11.6 Å². The SMILES string of the molecule is C[C@@H]1Nc2ncnn2[C@@H](c2cccc(Cl)c2)[C@H]1C(=O)Nc1ccccc1. The normalized spacial score (nSPS) is 21.5. The minimum Gasteiger partial charge on any atom is -0.351 e. The van der Waals surface area contributed by atoms with Crippen LogP contribution in [0.3, 0.4) is 0 Å². The number of benzene rings is 2. The van der Waals surface area contributed by atoms with Crippen molar-refractivity contribution in [3.05, 3.63) is 71.5 Å². The zero-order chi connectivity index (χ0) is 18.1. The lowest BCUT2D eigenvalue weighted by molar-refractivity contribution is -0.121. The number of nitrogens with one attached hydrogen (secondary N) is 2. The summed E-state index contributed by atoms with van der Waals surface area (Å²) in [5, 5.41) is 11.2. The first-order valence-electron chi connectivity index (χ1n) is 8.41. The molecule has 6 nitrogen and oxygen atoms in total. The number of hydrogen-bond donors (Lipinski definition) is 2. The molecule has 2 aromatic carbocycles. The lowest BCUT2D eigenvalue weighted by Crippen LogP contribution is -2.46. The molecule has 0 saturated heterocycles. The minimum atomic E-state index is -0.386. The van der Waals surface area contributed by atoms with Gasteiger partial charge in [-0.3, -0.25) is 4.79 Å². The summed E-state index contributed by atoms with van der Waals surface area (Å²) >= 11 is 6.20. The summed E-state index contributed by atoms with van der Waals surface area (Å²) in [6.07, 6.45) is 1.49. The van der Waals surface area contributed by atoms with Gasteiger partial charge in [0.05, 0.1) is 12.0 Å². The molecule has 0 aliphatic carbocycles. The lowest BCUT2D eigenvalue weighted by atomic mass is 9.85. The van der Waals surface area contributed by atoms with Gasteiger partial charge in [-0.2, -0.15) is 10.1 Å². The molecule has 132 valence electrons. The van der Waals surface area contributed by atoms with Crippen LogP contribution in [-0.4, -0.2) is 26.7 Å². The van der Waals surface area contributed by atoms with Crippen LogP contribution in [0, 0.1) is 5.92 Å². The van der Waals surface area contributed by atoms with Gasteiger partial charge in [-0.05, 0) is 36.8 Å². The van der Waals surface area contributed by atoms with Crippen molar-refractivity contribution < 1.29 is 4.79 Å². The van der Waals surface area contributed by atoms with Crippen LogP contribution >= 0.6 is 11.6 Å². The van der Waals surface area contributed by atoms with Crippen molar-refractivity contribution >= 4 is 29.1 Å². The number of amides is 1. The molecule has 1 amide bonds. The van der Waals surface area contributed by atoms with E-state index in [1.54, 1.807) is 4.68 Å². The fourth-order valence-electron chi connectivity index (χ4n) is 3.43. The predicted molar refractivity (Wildman–Crippen MR) is 101 cm³/mol. The summed E-state index contributed by atoms with van der Waals surface area (Å²) in [5.41, 5.74) is 1.68. The van der Waals surface area contributed by atoms with Crippen LogP contribution in [0.1, 0.15) is 18.5 Å². The van der Waals surface area contributed by atoms with Crippen molar-refractivity contribution in [1.82, 2.24) is 14.8 Å². The van der Waals surface area contributed by atoms with Crippen LogP contribution in [0.15, 0.2) is 60.9 Å². The van der Waals surface area contributed by atoms with Gasteiger partial charge in [-0.15, -0.1) is 0 Å². The molecule has 1 aliphatic heterocycles. The van der Waals surface area contributed by atoms with E-state index in [9.17, 15) is 4.79 Å². The number of rotatable bonds is 3. The Hall–Kier alpha value is -2.86. The molecule has 0 saturated carbocycles. The van der Waals surface area contributed by atoms with Gasteiger partial charge in [-0.25, -0.2) is 4.68 Å². The van der Waals surface area contributed by atoms with Crippen molar-refractivity contribution in [2.45, 2.75) is 19.0 Å². The number of carbonyl (C=O) groups is 1. The fraction of sp³-hybridized carbons (Fsp3) is 0.211.